The number of nitrogens with one attached hydrogen (secondary N) is 1. The number of carbonyl (C=O) groups excluding carboxylic acids is 1. The number of unbranched alkanes of at least 4 members (excludes halogenated alkanes) is 2. The topological polar surface area (TPSA) is 46.5 Å². The Morgan fingerprint density at radius 2 is 2.10 bits per heavy atom. The highest BCUT2D eigenvalue weighted by Gasteiger charge is 2.09. The number of hydrogen-bond donors (Lipinski definition) is 1. The molecule has 1 aliphatic rings. The van der Waals surface area contributed by atoms with Crippen LogP contribution >= 0.6 is 0 Å². The lowest BCUT2D eigenvalue weighted by Gasteiger charge is -2.26. The van der Waals surface area contributed by atoms with Gasteiger partial charge in [0.1, 0.15) is 5.69 Å². The third-order valence-corrected chi connectivity index (χ3v) is 3.72. The zero-order valence-corrected chi connectivity index (χ0v) is 12.3. The first-order valence-electron chi connectivity index (χ1n) is 7.47. The molecule has 0 radical (unpaired) electrons. The molecule has 0 aliphatic carbocycles. The van der Waals surface area contributed by atoms with Crippen molar-refractivity contribution >= 4 is 5.91 Å². The van der Waals surface area contributed by atoms with Gasteiger partial charge in [-0.05, 0) is 31.5 Å². The molecule has 1 aromatic rings. The quantitative estimate of drug-likeness (QED) is 0.764. The van der Waals surface area contributed by atoms with Gasteiger partial charge >= 0.3 is 0 Å². The summed E-state index contributed by atoms with van der Waals surface area (Å²) in [7, 11) is 1.89. The van der Waals surface area contributed by atoms with Gasteiger partial charge in [0, 0.05) is 32.9 Å². The van der Waals surface area contributed by atoms with Crippen LogP contribution in [-0.2, 0) is 11.8 Å². The lowest BCUT2D eigenvalue weighted by molar-refractivity contribution is 0.0371. The van der Waals surface area contributed by atoms with E-state index >= 15 is 0 Å². The van der Waals surface area contributed by atoms with Crippen molar-refractivity contribution in [1.29, 1.82) is 0 Å². The predicted octanol–water partition coefficient (Wildman–Crippen LogP) is 1.26. The molecule has 2 heterocycles. The molecule has 0 saturated carbocycles. The summed E-state index contributed by atoms with van der Waals surface area (Å²) in [4.78, 5) is 14.3. The molecule has 0 unspecified atom stereocenters. The second-order valence-corrected chi connectivity index (χ2v) is 5.27. The van der Waals surface area contributed by atoms with Crippen molar-refractivity contribution in [3.05, 3.63) is 24.0 Å². The van der Waals surface area contributed by atoms with Crippen LogP contribution in [0.15, 0.2) is 18.3 Å². The molecule has 1 fully saturated rings. The third-order valence-electron chi connectivity index (χ3n) is 3.72. The molecule has 20 heavy (non-hydrogen) atoms. The Morgan fingerprint density at radius 1 is 1.30 bits per heavy atom. The van der Waals surface area contributed by atoms with Crippen LogP contribution in [-0.4, -0.2) is 54.8 Å². The van der Waals surface area contributed by atoms with E-state index in [0.717, 1.165) is 57.9 Å². The Morgan fingerprint density at radius 3 is 2.80 bits per heavy atom. The molecule has 0 spiro atoms. The van der Waals surface area contributed by atoms with Crippen molar-refractivity contribution in [2.45, 2.75) is 19.3 Å². The van der Waals surface area contributed by atoms with Crippen LogP contribution in [0.1, 0.15) is 29.8 Å². The lowest BCUT2D eigenvalue weighted by Crippen LogP contribution is -2.36. The monoisotopic (exact) mass is 279 g/mol. The zero-order chi connectivity index (χ0) is 14.2. The number of rotatable bonds is 7. The average molecular weight is 279 g/mol. The summed E-state index contributed by atoms with van der Waals surface area (Å²) in [5, 5.41) is 2.97. The van der Waals surface area contributed by atoms with Gasteiger partial charge in [-0.25, -0.2) is 0 Å². The standard InChI is InChI=1S/C15H25N3O2/c1-17-8-5-6-14(17)15(19)16-7-3-2-4-9-18-10-12-20-13-11-18/h5-6,8H,2-4,7,9-13H2,1H3,(H,16,19). The highest BCUT2D eigenvalue weighted by molar-refractivity contribution is 5.92. The molecular formula is C15H25N3O2. The zero-order valence-electron chi connectivity index (χ0n) is 12.3. The Kier molecular flexibility index (Phi) is 6.08. The van der Waals surface area contributed by atoms with E-state index in [4.69, 9.17) is 4.74 Å². The third kappa shape index (κ3) is 4.65. The van der Waals surface area contributed by atoms with Crippen LogP contribution in [0, 0.1) is 0 Å². The largest absolute Gasteiger partial charge is 0.379 e. The van der Waals surface area contributed by atoms with Crippen molar-refractivity contribution in [3.8, 4) is 0 Å². The molecule has 2 rings (SSSR count). The average Bonchev–Trinajstić information content (AvgIpc) is 2.90. The normalized spacial score (nSPS) is 16.2. The van der Waals surface area contributed by atoms with E-state index in [1.807, 2.05) is 29.9 Å². The Hall–Kier alpha value is -1.33. The maximum Gasteiger partial charge on any atom is 0.267 e. The van der Waals surface area contributed by atoms with Gasteiger partial charge in [0.2, 0.25) is 0 Å². The van der Waals surface area contributed by atoms with Gasteiger partial charge in [-0.15, -0.1) is 0 Å². The van der Waals surface area contributed by atoms with E-state index in [9.17, 15) is 4.79 Å². The number of nitrogens with zero attached hydrogens (tertiary/aromatic N) is 2. The Labute approximate surface area is 120 Å². The van der Waals surface area contributed by atoms with Gasteiger partial charge in [0.05, 0.1) is 13.2 Å². The predicted molar refractivity (Wildman–Crippen MR) is 78.9 cm³/mol. The number of aryl methyl sites for hydroxylation is 1. The number of carbonyl (C=O) groups is 1. The molecule has 0 atom stereocenters. The minimum atomic E-state index is 0.0191. The van der Waals surface area contributed by atoms with E-state index in [1.165, 1.54) is 6.42 Å². The molecule has 112 valence electrons. The van der Waals surface area contributed by atoms with E-state index < -0.39 is 0 Å². The lowest BCUT2D eigenvalue weighted by atomic mass is 10.2. The highest BCUT2D eigenvalue weighted by atomic mass is 16.5. The number of aromatic nitrogens is 1. The van der Waals surface area contributed by atoms with Gasteiger partial charge in [-0.2, -0.15) is 0 Å². The van der Waals surface area contributed by atoms with E-state index in [-0.39, 0.29) is 5.91 Å². The highest BCUT2D eigenvalue weighted by Crippen LogP contribution is 2.02. The second kappa shape index (κ2) is 8.07. The fourth-order valence-electron chi connectivity index (χ4n) is 2.45. The SMILES string of the molecule is Cn1cccc1C(=O)NCCCCCN1CCOCC1. The van der Waals surface area contributed by atoms with Crippen LogP contribution in [0.25, 0.3) is 0 Å². The van der Waals surface area contributed by atoms with Crippen LogP contribution in [0.4, 0.5) is 0 Å². The minimum Gasteiger partial charge on any atom is -0.379 e. The first-order chi connectivity index (χ1) is 9.77. The summed E-state index contributed by atoms with van der Waals surface area (Å²) in [6.45, 7) is 5.76. The van der Waals surface area contributed by atoms with Gasteiger partial charge in [-0.1, -0.05) is 6.42 Å². The van der Waals surface area contributed by atoms with E-state index in [0.29, 0.717) is 0 Å². The molecular weight excluding hydrogens is 254 g/mol. The summed E-state index contributed by atoms with van der Waals surface area (Å²) in [5.74, 6) is 0.0191. The summed E-state index contributed by atoms with van der Waals surface area (Å²) >= 11 is 0. The molecule has 0 aromatic carbocycles. The summed E-state index contributed by atoms with van der Waals surface area (Å²) in [6.07, 6.45) is 5.28. The molecule has 5 heteroatoms. The van der Waals surface area contributed by atoms with Crippen molar-refractivity contribution in [3.63, 3.8) is 0 Å². The van der Waals surface area contributed by atoms with E-state index in [2.05, 4.69) is 10.2 Å². The van der Waals surface area contributed by atoms with Crippen molar-refractivity contribution < 1.29 is 9.53 Å². The molecule has 1 N–H and O–H groups in total. The Bertz CT molecular complexity index is 411. The maximum absolute atomic E-state index is 11.9. The number of hydrogen-bond acceptors (Lipinski definition) is 3. The fourth-order valence-corrected chi connectivity index (χ4v) is 2.45. The molecule has 0 bridgehead atoms. The first-order valence-corrected chi connectivity index (χ1v) is 7.47. The van der Waals surface area contributed by atoms with Gasteiger partial charge in [0.25, 0.3) is 5.91 Å². The van der Waals surface area contributed by atoms with Crippen molar-refractivity contribution in [2.75, 3.05) is 39.4 Å². The fraction of sp³-hybridized carbons (Fsp3) is 0.667. The van der Waals surface area contributed by atoms with Gasteiger partial charge in [0.15, 0.2) is 0 Å². The first kappa shape index (κ1) is 15.1. The van der Waals surface area contributed by atoms with Crippen LogP contribution in [0.2, 0.25) is 0 Å². The summed E-state index contributed by atoms with van der Waals surface area (Å²) in [5.41, 5.74) is 0.721. The smallest absolute Gasteiger partial charge is 0.267 e. The molecule has 1 aromatic heterocycles. The van der Waals surface area contributed by atoms with Crippen LogP contribution in [0.3, 0.4) is 0 Å². The number of ether oxygens (including phenoxy) is 1. The van der Waals surface area contributed by atoms with Gasteiger partial charge < -0.3 is 14.6 Å². The van der Waals surface area contributed by atoms with E-state index in [1.54, 1.807) is 0 Å². The van der Waals surface area contributed by atoms with Gasteiger partial charge in [-0.3, -0.25) is 9.69 Å². The minimum absolute atomic E-state index is 0.0191. The molecule has 1 amide bonds. The summed E-state index contributed by atoms with van der Waals surface area (Å²) in [6, 6.07) is 3.73. The van der Waals surface area contributed by atoms with Crippen molar-refractivity contribution in [2.24, 2.45) is 7.05 Å². The summed E-state index contributed by atoms with van der Waals surface area (Å²) < 4.78 is 7.17. The number of morpholine rings is 1. The molecule has 5 nitrogen and oxygen atoms in total. The van der Waals surface area contributed by atoms with Crippen LogP contribution < -0.4 is 5.32 Å². The Balaban J connectivity index is 1.51. The molecule has 1 saturated heterocycles. The van der Waals surface area contributed by atoms with Crippen LogP contribution in [0.5, 0.6) is 0 Å². The maximum atomic E-state index is 11.9. The second-order valence-electron chi connectivity index (χ2n) is 5.27. The molecule has 1 aliphatic heterocycles. The number of amides is 1. The van der Waals surface area contributed by atoms with Crippen molar-refractivity contribution in [1.82, 2.24) is 14.8 Å².